The molecule has 0 heterocycles. The molecule has 0 unspecified atom stereocenters. The molecule has 0 saturated heterocycles. The number of halogens is 1. The van der Waals surface area contributed by atoms with E-state index in [1.165, 1.54) is 31.2 Å². The van der Waals surface area contributed by atoms with Crippen molar-refractivity contribution in [2.75, 3.05) is 15.9 Å². The Balaban J connectivity index is 2.40. The quantitative estimate of drug-likeness (QED) is 0.510. The van der Waals surface area contributed by atoms with Gasteiger partial charge in [-0.2, -0.15) is 0 Å². The van der Waals surface area contributed by atoms with Crippen LogP contribution in [0.25, 0.3) is 0 Å². The van der Waals surface area contributed by atoms with Gasteiger partial charge >= 0.3 is 0 Å². The van der Waals surface area contributed by atoms with E-state index in [9.17, 15) is 33.4 Å². The molecule has 0 fully saturated rings. The Morgan fingerprint density at radius 3 is 2.24 bits per heavy atom. The predicted octanol–water partition coefficient (Wildman–Crippen LogP) is 2.95. The Morgan fingerprint density at radius 1 is 1.10 bits per heavy atom. The molecule has 0 aliphatic carbocycles. The van der Waals surface area contributed by atoms with E-state index in [0.29, 0.717) is 4.31 Å². The van der Waals surface area contributed by atoms with E-state index in [1.54, 1.807) is 0 Å². The average molecular weight is 443 g/mol. The summed E-state index contributed by atoms with van der Waals surface area (Å²) in [6.07, 6.45) is 0.843. The number of anilines is 2. The molecule has 2 aromatic carbocycles. The van der Waals surface area contributed by atoms with Crippen molar-refractivity contribution in [3.05, 3.63) is 67.7 Å². The second-order valence-electron chi connectivity index (χ2n) is 5.92. The van der Waals surface area contributed by atoms with Gasteiger partial charge in [-0.25, -0.2) is 8.42 Å². The van der Waals surface area contributed by atoms with Crippen molar-refractivity contribution in [2.45, 2.75) is 13.0 Å². The Kier molecular flexibility index (Phi) is 6.39. The molecule has 0 radical (unpaired) electrons. The van der Waals surface area contributed by atoms with Crippen LogP contribution in [0.3, 0.4) is 0 Å². The smallest absolute Gasteiger partial charge is 0.271 e. The van der Waals surface area contributed by atoms with Crippen LogP contribution in [-0.4, -0.2) is 36.5 Å². The number of rotatable bonds is 7. The lowest BCUT2D eigenvalue weighted by atomic mass is 10.2. The van der Waals surface area contributed by atoms with E-state index in [1.807, 2.05) is 0 Å². The zero-order valence-electron chi connectivity index (χ0n) is 15.1. The summed E-state index contributed by atoms with van der Waals surface area (Å²) in [5.74, 6) is -0.843. The normalized spacial score (nSPS) is 12.1. The van der Waals surface area contributed by atoms with E-state index in [4.69, 9.17) is 11.6 Å². The predicted molar refractivity (Wildman–Crippen MR) is 107 cm³/mol. The molecule has 29 heavy (non-hydrogen) atoms. The van der Waals surface area contributed by atoms with Gasteiger partial charge in [0.05, 0.1) is 32.5 Å². The van der Waals surface area contributed by atoms with Gasteiger partial charge in [0, 0.05) is 24.3 Å². The largest absolute Gasteiger partial charge is 0.323 e. The standard InChI is InChI=1S/C16H15ClN4O7S/c1-10(16(22)18-15-9-13(21(25)26)6-7-14(15)17)19(29(2,27)28)11-4-3-5-12(8-11)20(23)24/h3-10H,1-2H3,(H,18,22)/t10-/m0/s1. The van der Waals surface area contributed by atoms with Gasteiger partial charge in [-0.1, -0.05) is 17.7 Å². The van der Waals surface area contributed by atoms with Crippen molar-refractivity contribution in [3.63, 3.8) is 0 Å². The Bertz CT molecular complexity index is 1090. The summed E-state index contributed by atoms with van der Waals surface area (Å²) in [5, 5.41) is 24.2. The van der Waals surface area contributed by atoms with Gasteiger partial charge in [0.15, 0.2) is 0 Å². The molecular weight excluding hydrogens is 428 g/mol. The molecule has 0 saturated carbocycles. The molecule has 0 aromatic heterocycles. The van der Waals surface area contributed by atoms with Crippen molar-refractivity contribution in [2.24, 2.45) is 0 Å². The number of benzene rings is 2. The van der Waals surface area contributed by atoms with Gasteiger partial charge < -0.3 is 5.32 Å². The third-order valence-corrected chi connectivity index (χ3v) is 5.37. The highest BCUT2D eigenvalue weighted by atomic mass is 35.5. The molecular formula is C16H15ClN4O7S. The summed E-state index contributed by atoms with van der Waals surface area (Å²) < 4.78 is 25.3. The Morgan fingerprint density at radius 2 is 1.69 bits per heavy atom. The van der Waals surface area contributed by atoms with Crippen LogP contribution in [0.5, 0.6) is 0 Å². The summed E-state index contributed by atoms with van der Waals surface area (Å²) in [6, 6.07) is 6.84. The van der Waals surface area contributed by atoms with Gasteiger partial charge in [-0.15, -0.1) is 0 Å². The highest BCUT2D eigenvalue weighted by Gasteiger charge is 2.30. The van der Waals surface area contributed by atoms with Crippen molar-refractivity contribution in [1.29, 1.82) is 0 Å². The van der Waals surface area contributed by atoms with Gasteiger partial charge in [-0.05, 0) is 19.1 Å². The monoisotopic (exact) mass is 442 g/mol. The van der Waals surface area contributed by atoms with Crippen LogP contribution in [-0.2, 0) is 14.8 Å². The second kappa shape index (κ2) is 8.41. The number of hydrogen-bond donors (Lipinski definition) is 1. The summed E-state index contributed by atoms with van der Waals surface area (Å²) in [7, 11) is -4.02. The van der Waals surface area contributed by atoms with Crippen molar-refractivity contribution < 1.29 is 23.1 Å². The number of nitro benzene ring substituents is 2. The minimum absolute atomic E-state index is 0.0115. The van der Waals surface area contributed by atoms with E-state index < -0.39 is 31.8 Å². The minimum atomic E-state index is -4.02. The summed E-state index contributed by atoms with van der Waals surface area (Å²) in [5.41, 5.74) is -0.846. The van der Waals surface area contributed by atoms with Gasteiger partial charge in [0.1, 0.15) is 6.04 Å². The number of amides is 1. The Labute approximate surface area is 170 Å². The van der Waals surface area contributed by atoms with Gasteiger partial charge in [-0.3, -0.25) is 29.3 Å². The third kappa shape index (κ3) is 5.18. The number of sulfonamides is 1. The molecule has 1 amide bonds. The maximum atomic E-state index is 12.6. The van der Waals surface area contributed by atoms with Crippen LogP contribution in [0.1, 0.15) is 6.92 Å². The number of nitrogens with one attached hydrogen (secondary N) is 1. The first kappa shape index (κ1) is 22.0. The third-order valence-electron chi connectivity index (χ3n) is 3.80. The number of carbonyl (C=O) groups excluding carboxylic acids is 1. The van der Waals surface area contributed by atoms with Crippen molar-refractivity contribution >= 4 is 50.3 Å². The molecule has 0 aliphatic heterocycles. The van der Waals surface area contributed by atoms with Crippen molar-refractivity contribution in [3.8, 4) is 0 Å². The van der Waals surface area contributed by atoms with Crippen molar-refractivity contribution in [1.82, 2.24) is 0 Å². The van der Waals surface area contributed by atoms with Gasteiger partial charge in [0.25, 0.3) is 11.4 Å². The zero-order valence-corrected chi connectivity index (χ0v) is 16.7. The lowest BCUT2D eigenvalue weighted by Gasteiger charge is -2.28. The van der Waals surface area contributed by atoms with Crippen LogP contribution < -0.4 is 9.62 Å². The fourth-order valence-corrected chi connectivity index (χ4v) is 3.84. The Hall–Kier alpha value is -3.25. The molecule has 2 aromatic rings. The highest BCUT2D eigenvalue weighted by molar-refractivity contribution is 7.92. The average Bonchev–Trinajstić information content (AvgIpc) is 2.62. The maximum absolute atomic E-state index is 12.6. The number of hydrogen-bond acceptors (Lipinski definition) is 7. The topological polar surface area (TPSA) is 153 Å². The van der Waals surface area contributed by atoms with Gasteiger partial charge in [0.2, 0.25) is 15.9 Å². The first-order valence-electron chi connectivity index (χ1n) is 7.90. The van der Waals surface area contributed by atoms with Crippen LogP contribution in [0.4, 0.5) is 22.7 Å². The molecule has 0 bridgehead atoms. The molecule has 11 nitrogen and oxygen atoms in total. The molecule has 2 rings (SSSR count). The summed E-state index contributed by atoms with van der Waals surface area (Å²) in [4.78, 5) is 33.2. The van der Waals surface area contributed by atoms with Crippen LogP contribution in [0.15, 0.2) is 42.5 Å². The number of carbonyl (C=O) groups is 1. The molecule has 0 aliphatic rings. The second-order valence-corrected chi connectivity index (χ2v) is 8.19. The fraction of sp³-hybridized carbons (Fsp3) is 0.188. The highest BCUT2D eigenvalue weighted by Crippen LogP contribution is 2.29. The molecule has 154 valence electrons. The zero-order chi connectivity index (χ0) is 21.9. The lowest BCUT2D eigenvalue weighted by molar-refractivity contribution is -0.385. The van der Waals surface area contributed by atoms with E-state index in [0.717, 1.165) is 24.5 Å². The molecule has 1 atom stereocenters. The lowest BCUT2D eigenvalue weighted by Crippen LogP contribution is -2.45. The summed E-state index contributed by atoms with van der Waals surface area (Å²) >= 11 is 5.95. The molecule has 0 spiro atoms. The minimum Gasteiger partial charge on any atom is -0.323 e. The fourth-order valence-electron chi connectivity index (χ4n) is 2.51. The summed E-state index contributed by atoms with van der Waals surface area (Å²) in [6.45, 7) is 1.26. The first-order chi connectivity index (χ1) is 13.4. The maximum Gasteiger partial charge on any atom is 0.271 e. The van der Waals surface area contributed by atoms with E-state index in [-0.39, 0.29) is 27.8 Å². The van der Waals surface area contributed by atoms with E-state index >= 15 is 0 Å². The van der Waals surface area contributed by atoms with Crippen LogP contribution in [0.2, 0.25) is 5.02 Å². The number of non-ortho nitro benzene ring substituents is 2. The van der Waals surface area contributed by atoms with E-state index in [2.05, 4.69) is 5.32 Å². The SMILES string of the molecule is C[C@@H](C(=O)Nc1cc([N+](=O)[O-])ccc1Cl)N(c1cccc([N+](=O)[O-])c1)S(C)(=O)=O. The first-order valence-corrected chi connectivity index (χ1v) is 10.1. The van der Waals surface area contributed by atoms with Crippen LogP contribution >= 0.6 is 11.6 Å². The van der Waals surface area contributed by atoms with Crippen LogP contribution in [0, 0.1) is 20.2 Å². The number of nitro groups is 2. The molecule has 1 N–H and O–H groups in total. The molecule has 13 heteroatoms. The number of nitrogens with zero attached hydrogens (tertiary/aromatic N) is 3.